The number of nitrogens with one attached hydrogen (secondary N) is 1. The fraction of sp³-hybridized carbons (Fsp3) is 0.214. The van der Waals surface area contributed by atoms with Gasteiger partial charge in [-0.25, -0.2) is 9.67 Å². The topological polar surface area (TPSA) is 55.6 Å². The summed E-state index contributed by atoms with van der Waals surface area (Å²) < 4.78 is 2.86. The lowest BCUT2D eigenvalue weighted by Gasteiger charge is -2.09. The van der Waals surface area contributed by atoms with Gasteiger partial charge in [-0.05, 0) is 41.9 Å². The van der Waals surface area contributed by atoms with E-state index in [9.17, 15) is 0 Å². The van der Waals surface area contributed by atoms with E-state index in [0.29, 0.717) is 5.95 Å². The first-order chi connectivity index (χ1) is 9.61. The van der Waals surface area contributed by atoms with Crippen molar-refractivity contribution in [2.24, 2.45) is 0 Å². The van der Waals surface area contributed by atoms with Crippen LogP contribution in [0.5, 0.6) is 0 Å². The molecule has 0 aliphatic carbocycles. The molecule has 20 heavy (non-hydrogen) atoms. The molecule has 3 rings (SSSR count). The van der Waals surface area contributed by atoms with Crippen LogP contribution in [0.4, 0.5) is 5.95 Å². The number of hydrogen-bond donors (Lipinski definition) is 1. The molecule has 0 aliphatic heterocycles. The van der Waals surface area contributed by atoms with Gasteiger partial charge in [-0.1, -0.05) is 12.1 Å². The Morgan fingerprint density at radius 3 is 2.55 bits per heavy atom. The maximum atomic E-state index is 4.56. The molecule has 2 heterocycles. The van der Waals surface area contributed by atoms with Crippen molar-refractivity contribution in [1.29, 1.82) is 0 Å². The molecule has 0 saturated carbocycles. The average molecular weight is 332 g/mol. The molecule has 0 bridgehead atoms. The zero-order valence-electron chi connectivity index (χ0n) is 11.5. The maximum Gasteiger partial charge on any atom is 0.225 e. The van der Waals surface area contributed by atoms with Crippen molar-refractivity contribution in [3.63, 3.8) is 0 Å². The number of nitrogens with zero attached hydrogens (tertiary/aromatic N) is 4. The molecule has 0 aliphatic rings. The lowest BCUT2D eigenvalue weighted by Crippen LogP contribution is -2.07. The summed E-state index contributed by atoms with van der Waals surface area (Å²) in [7, 11) is 1.81. The molecule has 0 saturated heterocycles. The van der Waals surface area contributed by atoms with Crippen LogP contribution < -0.4 is 5.32 Å². The number of hydrogen-bond acceptors (Lipinski definition) is 4. The average Bonchev–Trinajstić information content (AvgIpc) is 2.73. The monoisotopic (exact) mass is 331 g/mol. The van der Waals surface area contributed by atoms with E-state index in [0.717, 1.165) is 32.6 Å². The Labute approximate surface area is 125 Å². The van der Waals surface area contributed by atoms with Crippen molar-refractivity contribution < 1.29 is 0 Å². The highest BCUT2D eigenvalue weighted by molar-refractivity contribution is 9.10. The number of rotatable bonds is 2. The van der Waals surface area contributed by atoms with Crippen molar-refractivity contribution >= 4 is 32.8 Å². The molecule has 0 spiro atoms. The highest BCUT2D eigenvalue weighted by Gasteiger charge is 2.15. The van der Waals surface area contributed by atoms with Gasteiger partial charge >= 0.3 is 0 Å². The fourth-order valence-corrected chi connectivity index (χ4v) is 2.41. The number of halogens is 1. The van der Waals surface area contributed by atoms with Crippen molar-refractivity contribution in [3.8, 4) is 5.82 Å². The van der Waals surface area contributed by atoms with Crippen LogP contribution in [0.3, 0.4) is 0 Å². The Kier molecular flexibility index (Phi) is 3.17. The maximum absolute atomic E-state index is 4.56. The molecule has 6 heteroatoms. The Morgan fingerprint density at radius 1 is 1.15 bits per heavy atom. The van der Waals surface area contributed by atoms with Crippen LogP contribution in [-0.2, 0) is 0 Å². The second-order valence-corrected chi connectivity index (χ2v) is 5.33. The number of aromatic nitrogens is 4. The summed E-state index contributed by atoms with van der Waals surface area (Å²) >= 11 is 3.55. The number of para-hydroxylation sites is 1. The molecule has 102 valence electrons. The number of benzene rings is 1. The van der Waals surface area contributed by atoms with Gasteiger partial charge < -0.3 is 5.32 Å². The summed E-state index contributed by atoms with van der Waals surface area (Å²) in [6.45, 7) is 3.98. The third-order valence-corrected chi connectivity index (χ3v) is 4.36. The number of fused-ring (bicyclic) bond motifs is 1. The van der Waals surface area contributed by atoms with Crippen molar-refractivity contribution in [3.05, 3.63) is 40.1 Å². The van der Waals surface area contributed by atoms with Gasteiger partial charge in [-0.15, -0.1) is 0 Å². The van der Waals surface area contributed by atoms with E-state index in [1.807, 2.05) is 49.8 Å². The SMILES string of the molecule is CNc1nc(-n2nc(C)c(Br)c2C)c2ccccc2n1. The summed E-state index contributed by atoms with van der Waals surface area (Å²) in [6.07, 6.45) is 0. The van der Waals surface area contributed by atoms with Gasteiger partial charge in [0.25, 0.3) is 0 Å². The normalized spacial score (nSPS) is 11.0. The molecular weight excluding hydrogens is 318 g/mol. The van der Waals surface area contributed by atoms with Gasteiger partial charge in [-0.2, -0.15) is 10.1 Å². The molecule has 0 fully saturated rings. The first-order valence-corrected chi connectivity index (χ1v) is 7.07. The van der Waals surface area contributed by atoms with Crippen LogP contribution in [0.15, 0.2) is 28.7 Å². The summed E-state index contributed by atoms with van der Waals surface area (Å²) in [5.74, 6) is 1.37. The molecule has 0 radical (unpaired) electrons. The van der Waals surface area contributed by atoms with Gasteiger partial charge in [-0.3, -0.25) is 0 Å². The highest BCUT2D eigenvalue weighted by atomic mass is 79.9. The molecule has 0 amide bonds. The Bertz CT molecular complexity index is 794. The molecule has 0 atom stereocenters. The van der Waals surface area contributed by atoms with E-state index in [2.05, 4.69) is 36.3 Å². The lowest BCUT2D eigenvalue weighted by atomic mass is 10.2. The summed E-state index contributed by atoms with van der Waals surface area (Å²) in [5.41, 5.74) is 2.86. The van der Waals surface area contributed by atoms with E-state index in [4.69, 9.17) is 0 Å². The van der Waals surface area contributed by atoms with Crippen LogP contribution in [-0.4, -0.2) is 26.8 Å². The smallest absolute Gasteiger partial charge is 0.225 e. The molecule has 1 N–H and O–H groups in total. The summed E-state index contributed by atoms with van der Waals surface area (Å²) in [5, 5.41) is 8.53. The molecule has 5 nitrogen and oxygen atoms in total. The molecule has 0 unspecified atom stereocenters. The Balaban J connectivity index is 2.37. The minimum Gasteiger partial charge on any atom is -0.357 e. The highest BCUT2D eigenvalue weighted by Crippen LogP contribution is 2.26. The van der Waals surface area contributed by atoms with E-state index in [1.165, 1.54) is 0 Å². The van der Waals surface area contributed by atoms with E-state index in [1.54, 1.807) is 0 Å². The second kappa shape index (κ2) is 4.86. The van der Waals surface area contributed by atoms with Crippen molar-refractivity contribution in [2.45, 2.75) is 13.8 Å². The Hall–Kier alpha value is -1.95. The predicted molar refractivity (Wildman–Crippen MR) is 83.4 cm³/mol. The van der Waals surface area contributed by atoms with Crippen LogP contribution in [0.1, 0.15) is 11.4 Å². The zero-order chi connectivity index (χ0) is 14.3. The zero-order valence-corrected chi connectivity index (χ0v) is 13.1. The largest absolute Gasteiger partial charge is 0.357 e. The van der Waals surface area contributed by atoms with Gasteiger partial charge in [0, 0.05) is 12.4 Å². The quantitative estimate of drug-likeness (QED) is 0.783. The predicted octanol–water partition coefficient (Wildman–Crippen LogP) is 3.24. The molecule has 3 aromatic rings. The third kappa shape index (κ3) is 1.96. The molecule has 2 aromatic heterocycles. The molecule has 1 aromatic carbocycles. The van der Waals surface area contributed by atoms with Crippen LogP contribution in [0.2, 0.25) is 0 Å². The number of anilines is 1. The molecular formula is C14H14BrN5. The standard InChI is InChI=1S/C14H14BrN5/c1-8-12(15)9(2)20(19-8)13-10-6-4-5-7-11(10)17-14(16-3)18-13/h4-7H,1-3H3,(H,16,17,18). The van der Waals surface area contributed by atoms with E-state index >= 15 is 0 Å². The lowest BCUT2D eigenvalue weighted by molar-refractivity contribution is 0.811. The first-order valence-electron chi connectivity index (χ1n) is 6.28. The van der Waals surface area contributed by atoms with Crippen LogP contribution in [0.25, 0.3) is 16.7 Å². The minimum atomic E-state index is 0.586. The van der Waals surface area contributed by atoms with Crippen molar-refractivity contribution in [1.82, 2.24) is 19.7 Å². The summed E-state index contributed by atoms with van der Waals surface area (Å²) in [4.78, 5) is 9.03. The fourth-order valence-electron chi connectivity index (χ4n) is 2.16. The first kappa shape index (κ1) is 13.1. The van der Waals surface area contributed by atoms with E-state index in [-0.39, 0.29) is 0 Å². The van der Waals surface area contributed by atoms with Gasteiger partial charge in [0.15, 0.2) is 5.82 Å². The number of aryl methyl sites for hydroxylation is 1. The minimum absolute atomic E-state index is 0.586. The van der Waals surface area contributed by atoms with Crippen LogP contribution in [0, 0.1) is 13.8 Å². The van der Waals surface area contributed by atoms with E-state index < -0.39 is 0 Å². The van der Waals surface area contributed by atoms with Crippen LogP contribution >= 0.6 is 15.9 Å². The van der Waals surface area contributed by atoms with Crippen molar-refractivity contribution in [2.75, 3.05) is 12.4 Å². The second-order valence-electron chi connectivity index (χ2n) is 4.53. The Morgan fingerprint density at radius 2 is 1.90 bits per heavy atom. The van der Waals surface area contributed by atoms with Gasteiger partial charge in [0.2, 0.25) is 5.95 Å². The third-order valence-electron chi connectivity index (χ3n) is 3.21. The van der Waals surface area contributed by atoms with Gasteiger partial charge in [0.05, 0.1) is 21.4 Å². The summed E-state index contributed by atoms with van der Waals surface area (Å²) in [6, 6.07) is 7.93. The van der Waals surface area contributed by atoms with Gasteiger partial charge in [0.1, 0.15) is 0 Å².